The Bertz CT molecular complexity index is 874. The van der Waals surface area contributed by atoms with Crippen LogP contribution in [0, 0.1) is 12.7 Å². The van der Waals surface area contributed by atoms with Gasteiger partial charge in [0, 0.05) is 17.6 Å². The smallest absolute Gasteiger partial charge is 0.261 e. The average Bonchev–Trinajstić information content (AvgIpc) is 2.75. The van der Waals surface area contributed by atoms with Gasteiger partial charge in [0.25, 0.3) is 5.91 Å². The Morgan fingerprint density at radius 3 is 2.48 bits per heavy atom. The Balaban J connectivity index is 2.17. The van der Waals surface area contributed by atoms with Crippen LogP contribution in [0.2, 0.25) is 0 Å². The lowest BCUT2D eigenvalue weighted by Crippen LogP contribution is -2.50. The van der Waals surface area contributed by atoms with Gasteiger partial charge in [-0.2, -0.15) is 0 Å². The molecular formula is C24H30BrFN2O3. The van der Waals surface area contributed by atoms with Gasteiger partial charge in [0.15, 0.2) is 6.61 Å². The Kier molecular flexibility index (Phi) is 9.98. The van der Waals surface area contributed by atoms with Crippen molar-refractivity contribution in [1.29, 1.82) is 0 Å². The van der Waals surface area contributed by atoms with Crippen molar-refractivity contribution in [3.63, 3.8) is 0 Å². The third kappa shape index (κ3) is 7.65. The standard InChI is InChI=1S/C24H30BrFN2O3/c1-4-6-13-27-24(30)22(5-2)28(15-18-7-9-19(26)10-8-18)23(29)16-31-20-11-12-21(25)17(3)14-20/h7-12,14,22H,4-6,13,15-16H2,1-3H3,(H,27,30)/t22-/m1/s1. The molecule has 0 aliphatic carbocycles. The first-order valence-electron chi connectivity index (χ1n) is 10.6. The molecule has 0 aliphatic heterocycles. The summed E-state index contributed by atoms with van der Waals surface area (Å²) in [6.45, 7) is 6.43. The van der Waals surface area contributed by atoms with Gasteiger partial charge in [0.05, 0.1) is 0 Å². The number of nitrogens with zero attached hydrogens (tertiary/aromatic N) is 1. The summed E-state index contributed by atoms with van der Waals surface area (Å²) >= 11 is 3.44. The van der Waals surface area contributed by atoms with E-state index in [9.17, 15) is 14.0 Å². The van der Waals surface area contributed by atoms with E-state index in [1.165, 1.54) is 17.0 Å². The second kappa shape index (κ2) is 12.4. The zero-order valence-electron chi connectivity index (χ0n) is 18.3. The number of carbonyl (C=O) groups excluding carboxylic acids is 2. The molecule has 5 nitrogen and oxygen atoms in total. The predicted molar refractivity (Wildman–Crippen MR) is 123 cm³/mol. The zero-order chi connectivity index (χ0) is 22.8. The Morgan fingerprint density at radius 2 is 1.87 bits per heavy atom. The fourth-order valence-corrected chi connectivity index (χ4v) is 3.39. The molecule has 0 saturated carbocycles. The van der Waals surface area contributed by atoms with Crippen LogP contribution < -0.4 is 10.1 Å². The van der Waals surface area contributed by atoms with E-state index in [4.69, 9.17) is 4.74 Å². The van der Waals surface area contributed by atoms with Crippen molar-refractivity contribution >= 4 is 27.7 Å². The normalized spacial score (nSPS) is 11.6. The number of aryl methyl sites for hydroxylation is 1. The largest absolute Gasteiger partial charge is 0.484 e. The molecule has 0 aromatic heterocycles. The fraction of sp³-hybridized carbons (Fsp3) is 0.417. The number of rotatable bonds is 11. The van der Waals surface area contributed by atoms with Crippen molar-refractivity contribution in [3.05, 3.63) is 63.9 Å². The molecule has 0 radical (unpaired) electrons. The number of nitrogens with one attached hydrogen (secondary N) is 1. The van der Waals surface area contributed by atoms with Gasteiger partial charge in [-0.1, -0.05) is 48.3 Å². The second-order valence-corrected chi connectivity index (χ2v) is 8.27. The molecular weight excluding hydrogens is 463 g/mol. The maximum absolute atomic E-state index is 13.3. The lowest BCUT2D eigenvalue weighted by atomic mass is 10.1. The van der Waals surface area contributed by atoms with Crippen LogP contribution in [-0.4, -0.2) is 35.9 Å². The van der Waals surface area contributed by atoms with E-state index in [0.717, 1.165) is 28.4 Å². The minimum Gasteiger partial charge on any atom is -0.484 e. The van der Waals surface area contributed by atoms with Crippen molar-refractivity contribution in [3.8, 4) is 5.75 Å². The Hall–Kier alpha value is -2.41. The highest BCUT2D eigenvalue weighted by atomic mass is 79.9. The number of ether oxygens (including phenoxy) is 1. The third-order valence-corrected chi connectivity index (χ3v) is 5.86. The minimum absolute atomic E-state index is 0.189. The lowest BCUT2D eigenvalue weighted by Gasteiger charge is -2.30. The summed E-state index contributed by atoms with van der Waals surface area (Å²) in [6, 6.07) is 10.8. The van der Waals surface area contributed by atoms with Crippen molar-refractivity contribution in [2.24, 2.45) is 0 Å². The SMILES string of the molecule is CCCCNC(=O)[C@@H](CC)N(Cc1ccc(F)cc1)C(=O)COc1ccc(Br)c(C)c1. The van der Waals surface area contributed by atoms with Crippen molar-refractivity contribution < 1.29 is 18.7 Å². The Morgan fingerprint density at radius 1 is 1.16 bits per heavy atom. The first kappa shape index (κ1) is 24.9. The highest BCUT2D eigenvalue weighted by molar-refractivity contribution is 9.10. The molecule has 0 saturated heterocycles. The van der Waals surface area contributed by atoms with Crippen LogP contribution in [0.5, 0.6) is 5.75 Å². The average molecular weight is 493 g/mol. The second-order valence-electron chi connectivity index (χ2n) is 7.42. The monoisotopic (exact) mass is 492 g/mol. The first-order valence-corrected chi connectivity index (χ1v) is 11.4. The number of halogens is 2. The molecule has 2 amide bonds. The Labute approximate surface area is 192 Å². The van der Waals surface area contributed by atoms with Gasteiger partial charge in [-0.3, -0.25) is 9.59 Å². The summed E-state index contributed by atoms with van der Waals surface area (Å²) in [5, 5.41) is 2.91. The summed E-state index contributed by atoms with van der Waals surface area (Å²) in [6.07, 6.45) is 2.30. The van der Waals surface area contributed by atoms with Crippen molar-refractivity contribution in [2.45, 2.75) is 52.6 Å². The van der Waals surface area contributed by atoms with Crippen molar-refractivity contribution in [2.75, 3.05) is 13.2 Å². The van der Waals surface area contributed by atoms with Crippen LogP contribution in [0.4, 0.5) is 4.39 Å². The minimum atomic E-state index is -0.635. The number of hydrogen-bond donors (Lipinski definition) is 1. The van der Waals surface area contributed by atoms with E-state index in [1.54, 1.807) is 18.2 Å². The van der Waals surface area contributed by atoms with E-state index in [0.29, 0.717) is 18.7 Å². The lowest BCUT2D eigenvalue weighted by molar-refractivity contribution is -0.143. The van der Waals surface area contributed by atoms with E-state index >= 15 is 0 Å². The van der Waals surface area contributed by atoms with Crippen LogP contribution in [0.15, 0.2) is 46.9 Å². The molecule has 1 atom stereocenters. The van der Waals surface area contributed by atoms with E-state index in [-0.39, 0.29) is 30.8 Å². The van der Waals surface area contributed by atoms with Gasteiger partial charge in [0.1, 0.15) is 17.6 Å². The molecule has 2 rings (SSSR count). The van der Waals surface area contributed by atoms with Gasteiger partial charge in [-0.25, -0.2) is 4.39 Å². The maximum Gasteiger partial charge on any atom is 0.261 e. The molecule has 0 bridgehead atoms. The number of amides is 2. The zero-order valence-corrected chi connectivity index (χ0v) is 19.9. The molecule has 31 heavy (non-hydrogen) atoms. The van der Waals surface area contributed by atoms with Crippen LogP contribution in [-0.2, 0) is 16.1 Å². The van der Waals surface area contributed by atoms with Crippen LogP contribution in [0.1, 0.15) is 44.2 Å². The summed E-state index contributed by atoms with van der Waals surface area (Å²) in [5.74, 6) is -0.260. The first-order chi connectivity index (χ1) is 14.8. The molecule has 0 spiro atoms. The quantitative estimate of drug-likeness (QED) is 0.449. The van der Waals surface area contributed by atoms with Crippen molar-refractivity contribution in [1.82, 2.24) is 10.2 Å². The highest BCUT2D eigenvalue weighted by Gasteiger charge is 2.28. The van der Waals surface area contributed by atoms with Gasteiger partial charge in [0.2, 0.25) is 5.91 Å². The topological polar surface area (TPSA) is 58.6 Å². The number of benzene rings is 2. The number of hydrogen-bond acceptors (Lipinski definition) is 3. The van der Waals surface area contributed by atoms with Gasteiger partial charge >= 0.3 is 0 Å². The van der Waals surface area contributed by atoms with Gasteiger partial charge < -0.3 is 15.0 Å². The number of unbranched alkanes of at least 4 members (excludes halogenated alkanes) is 1. The summed E-state index contributed by atoms with van der Waals surface area (Å²) in [5.41, 5.74) is 1.74. The highest BCUT2D eigenvalue weighted by Crippen LogP contribution is 2.22. The number of carbonyl (C=O) groups is 2. The van der Waals surface area contributed by atoms with Gasteiger partial charge in [-0.05, 0) is 61.2 Å². The molecule has 0 aliphatic rings. The molecule has 0 fully saturated rings. The molecule has 0 unspecified atom stereocenters. The van der Waals surface area contributed by atoms with E-state index < -0.39 is 6.04 Å². The van der Waals surface area contributed by atoms with Gasteiger partial charge in [-0.15, -0.1) is 0 Å². The molecule has 0 heterocycles. The molecule has 2 aromatic rings. The third-order valence-electron chi connectivity index (χ3n) is 4.97. The van der Waals surface area contributed by atoms with E-state index in [2.05, 4.69) is 28.2 Å². The van der Waals surface area contributed by atoms with E-state index in [1.807, 2.05) is 26.0 Å². The molecule has 2 aromatic carbocycles. The van der Waals surface area contributed by atoms with Crippen LogP contribution in [0.3, 0.4) is 0 Å². The summed E-state index contributed by atoms with van der Waals surface area (Å²) in [7, 11) is 0. The molecule has 7 heteroatoms. The summed E-state index contributed by atoms with van der Waals surface area (Å²) in [4.78, 5) is 27.4. The van der Waals surface area contributed by atoms with Crippen LogP contribution >= 0.6 is 15.9 Å². The molecule has 1 N–H and O–H groups in total. The van der Waals surface area contributed by atoms with Crippen LogP contribution in [0.25, 0.3) is 0 Å². The predicted octanol–water partition coefficient (Wildman–Crippen LogP) is 5.00. The summed E-state index contributed by atoms with van der Waals surface area (Å²) < 4.78 is 20.0. The molecule has 168 valence electrons. The maximum atomic E-state index is 13.3. The fourth-order valence-electron chi connectivity index (χ4n) is 3.15.